The lowest BCUT2D eigenvalue weighted by Crippen LogP contribution is -2.33. The topological polar surface area (TPSA) is 88.1 Å². The Balaban J connectivity index is 1.56. The zero-order chi connectivity index (χ0) is 24.1. The van der Waals surface area contributed by atoms with E-state index in [-0.39, 0.29) is 18.2 Å². The zero-order valence-corrected chi connectivity index (χ0v) is 20.3. The van der Waals surface area contributed by atoms with E-state index in [2.05, 4.69) is 10.3 Å². The van der Waals surface area contributed by atoms with Crippen LogP contribution in [0.15, 0.2) is 71.7 Å². The van der Waals surface area contributed by atoms with Crippen LogP contribution in [0.2, 0.25) is 0 Å². The number of thiophene rings is 1. The van der Waals surface area contributed by atoms with Crippen molar-refractivity contribution in [1.29, 1.82) is 0 Å². The van der Waals surface area contributed by atoms with Crippen LogP contribution in [0.1, 0.15) is 28.6 Å². The van der Waals surface area contributed by atoms with Crippen molar-refractivity contribution in [2.24, 2.45) is 4.99 Å². The van der Waals surface area contributed by atoms with Gasteiger partial charge in [0, 0.05) is 11.3 Å². The fourth-order valence-corrected chi connectivity index (χ4v) is 5.57. The zero-order valence-electron chi connectivity index (χ0n) is 18.7. The van der Waals surface area contributed by atoms with E-state index >= 15 is 0 Å². The van der Waals surface area contributed by atoms with Gasteiger partial charge in [-0.15, -0.1) is 11.3 Å². The maximum absolute atomic E-state index is 13.3. The summed E-state index contributed by atoms with van der Waals surface area (Å²) in [6.45, 7) is 1.97. The summed E-state index contributed by atoms with van der Waals surface area (Å²) in [5.41, 5.74) is 1.73. The van der Waals surface area contributed by atoms with Crippen LogP contribution in [0, 0.1) is 0 Å². The van der Waals surface area contributed by atoms with Crippen molar-refractivity contribution in [3.8, 4) is 0 Å². The number of aliphatic imine (C=N–C) groups is 1. The van der Waals surface area contributed by atoms with Crippen LogP contribution in [0.3, 0.4) is 0 Å². The summed E-state index contributed by atoms with van der Waals surface area (Å²) < 4.78 is 4.84. The van der Waals surface area contributed by atoms with Gasteiger partial charge in [-0.1, -0.05) is 55.1 Å². The number of hydrogen-bond donors (Lipinski definition) is 1. The minimum absolute atomic E-state index is 0.0549. The molecule has 0 unspecified atom stereocenters. The minimum atomic E-state index is -0.644. The van der Waals surface area contributed by atoms with Gasteiger partial charge in [-0.3, -0.25) is 14.5 Å². The summed E-state index contributed by atoms with van der Waals surface area (Å²) in [5, 5.41) is 3.10. The number of amides is 2. The number of esters is 1. The van der Waals surface area contributed by atoms with Crippen LogP contribution in [0.5, 0.6) is 0 Å². The summed E-state index contributed by atoms with van der Waals surface area (Å²) in [5.74, 6) is -1.07. The summed E-state index contributed by atoms with van der Waals surface area (Å²) >= 11 is 2.59. The number of carbonyl (C=O) groups is 3. The monoisotopic (exact) mass is 493 g/mol. The Morgan fingerprint density at radius 3 is 2.41 bits per heavy atom. The molecule has 1 N–H and O–H groups in total. The molecule has 174 valence electrons. The van der Waals surface area contributed by atoms with Crippen molar-refractivity contribution in [1.82, 2.24) is 0 Å². The Kier molecular flexibility index (Phi) is 7.44. The predicted molar refractivity (Wildman–Crippen MR) is 137 cm³/mol. The summed E-state index contributed by atoms with van der Waals surface area (Å²) in [6, 6.07) is 20.3. The second-order valence-corrected chi connectivity index (χ2v) is 9.71. The van der Waals surface area contributed by atoms with Crippen molar-refractivity contribution in [2.45, 2.75) is 25.0 Å². The smallest absolute Gasteiger partial charge is 0.340 e. The van der Waals surface area contributed by atoms with Crippen LogP contribution in [-0.4, -0.2) is 35.3 Å². The third-order valence-corrected chi connectivity index (χ3v) is 7.42. The molecule has 2 heterocycles. The molecule has 0 radical (unpaired) electrons. The molecule has 4 rings (SSSR count). The normalized spacial score (nSPS) is 16.6. The molecule has 1 aliphatic rings. The van der Waals surface area contributed by atoms with Gasteiger partial charge >= 0.3 is 5.97 Å². The second-order valence-electron chi connectivity index (χ2n) is 7.40. The van der Waals surface area contributed by atoms with Gasteiger partial charge in [-0.05, 0) is 36.8 Å². The Morgan fingerprint density at radius 2 is 1.76 bits per heavy atom. The minimum Gasteiger partial charge on any atom is -0.465 e. The number of thioether (sulfide) groups is 1. The number of nitrogens with zero attached hydrogens (tertiary/aromatic N) is 2. The Labute approximate surface area is 205 Å². The Morgan fingerprint density at radius 1 is 1.09 bits per heavy atom. The maximum atomic E-state index is 13.3. The number of rotatable bonds is 7. The molecule has 1 atom stereocenters. The van der Waals surface area contributed by atoms with Crippen LogP contribution in [0.25, 0.3) is 0 Å². The molecule has 1 fully saturated rings. The first-order valence-corrected chi connectivity index (χ1v) is 12.4. The first-order valence-electron chi connectivity index (χ1n) is 10.7. The second kappa shape index (κ2) is 10.7. The highest BCUT2D eigenvalue weighted by atomic mass is 32.2. The molecule has 2 aromatic carbocycles. The predicted octanol–water partition coefficient (Wildman–Crippen LogP) is 5.26. The van der Waals surface area contributed by atoms with Crippen LogP contribution in [0.4, 0.5) is 16.4 Å². The standard InChI is InChI=1S/C25H23N3O4S2/c1-3-18-14-19(24(31)32-2)22(33-18)27-21(29)15-20-23(30)28(17-12-8-5-9-13-17)25(34-20)26-16-10-6-4-7-11-16/h4-14,20H,3,15H2,1-2H3,(H,27,29)/t20-/m0/s1. The Hall–Kier alpha value is -3.43. The summed E-state index contributed by atoms with van der Waals surface area (Å²) in [4.78, 5) is 45.5. The van der Waals surface area contributed by atoms with E-state index in [1.54, 1.807) is 11.0 Å². The van der Waals surface area contributed by atoms with E-state index in [0.717, 1.165) is 17.0 Å². The molecule has 1 aliphatic heterocycles. The Bertz CT molecular complexity index is 1230. The van der Waals surface area contributed by atoms with Gasteiger partial charge in [0.2, 0.25) is 11.8 Å². The number of benzene rings is 2. The molecule has 1 saturated heterocycles. The quantitative estimate of drug-likeness (QED) is 0.454. The molecule has 34 heavy (non-hydrogen) atoms. The van der Waals surface area contributed by atoms with Gasteiger partial charge < -0.3 is 10.1 Å². The number of hydrogen-bond acceptors (Lipinski definition) is 7. The van der Waals surface area contributed by atoms with Gasteiger partial charge in [0.15, 0.2) is 5.17 Å². The van der Waals surface area contributed by atoms with Gasteiger partial charge in [-0.2, -0.15) is 0 Å². The van der Waals surface area contributed by atoms with Crippen molar-refractivity contribution in [3.63, 3.8) is 0 Å². The van der Waals surface area contributed by atoms with Crippen LogP contribution < -0.4 is 10.2 Å². The van der Waals surface area contributed by atoms with E-state index < -0.39 is 11.2 Å². The fraction of sp³-hybridized carbons (Fsp3) is 0.200. The van der Waals surface area contributed by atoms with E-state index in [1.807, 2.05) is 67.6 Å². The van der Waals surface area contributed by atoms with Gasteiger partial charge in [-0.25, -0.2) is 9.79 Å². The molecule has 7 nitrogen and oxygen atoms in total. The van der Waals surface area contributed by atoms with Crippen molar-refractivity contribution < 1.29 is 19.1 Å². The van der Waals surface area contributed by atoms with Crippen molar-refractivity contribution >= 4 is 62.4 Å². The van der Waals surface area contributed by atoms with E-state index in [0.29, 0.717) is 21.4 Å². The van der Waals surface area contributed by atoms with E-state index in [4.69, 9.17) is 4.74 Å². The number of methoxy groups -OCH3 is 1. The number of anilines is 2. The lowest BCUT2D eigenvalue weighted by molar-refractivity contribution is -0.121. The first kappa shape index (κ1) is 23.7. The lowest BCUT2D eigenvalue weighted by atomic mass is 10.2. The largest absolute Gasteiger partial charge is 0.465 e. The highest BCUT2D eigenvalue weighted by Crippen LogP contribution is 2.36. The number of ether oxygens (including phenoxy) is 1. The molecule has 0 aliphatic carbocycles. The third-order valence-electron chi connectivity index (χ3n) is 5.09. The molecule has 1 aromatic heterocycles. The SMILES string of the molecule is CCc1cc(C(=O)OC)c(NC(=O)C[C@@H]2SC(=Nc3ccccc3)N(c3ccccc3)C2=O)s1. The van der Waals surface area contributed by atoms with Gasteiger partial charge in [0.1, 0.15) is 10.3 Å². The van der Waals surface area contributed by atoms with Crippen molar-refractivity contribution in [3.05, 3.63) is 77.2 Å². The lowest BCUT2D eigenvalue weighted by Gasteiger charge is -2.16. The fourth-order valence-electron chi connectivity index (χ4n) is 3.42. The average molecular weight is 494 g/mol. The number of aryl methyl sites for hydroxylation is 1. The molecular formula is C25H23N3O4S2. The van der Waals surface area contributed by atoms with Crippen LogP contribution in [-0.2, 0) is 20.7 Å². The molecular weight excluding hydrogens is 470 g/mol. The highest BCUT2D eigenvalue weighted by molar-refractivity contribution is 8.16. The number of nitrogens with one attached hydrogen (secondary N) is 1. The third kappa shape index (κ3) is 5.21. The van der Waals surface area contributed by atoms with Crippen LogP contribution >= 0.6 is 23.1 Å². The van der Waals surface area contributed by atoms with Gasteiger partial charge in [0.05, 0.1) is 24.0 Å². The number of para-hydroxylation sites is 2. The number of amidine groups is 1. The first-order chi connectivity index (χ1) is 16.5. The molecule has 9 heteroatoms. The van der Waals surface area contributed by atoms with E-state index in [9.17, 15) is 14.4 Å². The van der Waals surface area contributed by atoms with E-state index in [1.165, 1.54) is 30.2 Å². The maximum Gasteiger partial charge on any atom is 0.340 e. The molecule has 3 aromatic rings. The number of carbonyl (C=O) groups excluding carboxylic acids is 3. The molecule has 2 amide bonds. The van der Waals surface area contributed by atoms with Crippen molar-refractivity contribution in [2.75, 3.05) is 17.3 Å². The highest BCUT2D eigenvalue weighted by Gasteiger charge is 2.40. The molecule has 0 saturated carbocycles. The molecule has 0 bridgehead atoms. The summed E-state index contributed by atoms with van der Waals surface area (Å²) in [7, 11) is 1.30. The summed E-state index contributed by atoms with van der Waals surface area (Å²) in [6.07, 6.45) is 0.674. The molecule has 0 spiro atoms. The average Bonchev–Trinajstić information content (AvgIpc) is 3.40. The van der Waals surface area contributed by atoms with Gasteiger partial charge in [0.25, 0.3) is 0 Å².